The zero-order chi connectivity index (χ0) is 16.0. The van der Waals surface area contributed by atoms with Crippen molar-refractivity contribution >= 4 is 27.3 Å². The summed E-state index contributed by atoms with van der Waals surface area (Å²) in [5.74, 6) is 0.757. The molecule has 2 N–H and O–H groups in total. The Morgan fingerprint density at radius 2 is 1.86 bits per heavy atom. The summed E-state index contributed by atoms with van der Waals surface area (Å²) in [6.07, 6.45) is 0. The molecule has 1 atom stereocenters. The molecule has 1 aromatic rings. The van der Waals surface area contributed by atoms with Crippen LogP contribution in [0.5, 0.6) is 11.5 Å². The minimum atomic E-state index is -3.55. The van der Waals surface area contributed by atoms with Crippen LogP contribution in [0, 0.1) is 0 Å². The van der Waals surface area contributed by atoms with Crippen LogP contribution in [0.1, 0.15) is 13.8 Å². The van der Waals surface area contributed by atoms with Gasteiger partial charge in [0.15, 0.2) is 0 Å². The predicted octanol–water partition coefficient (Wildman–Crippen LogP) is 2.10. The van der Waals surface area contributed by atoms with Crippen LogP contribution in [-0.4, -0.2) is 41.0 Å². The lowest BCUT2D eigenvalue weighted by Crippen LogP contribution is -2.34. The molecule has 120 valence electrons. The van der Waals surface area contributed by atoms with Crippen molar-refractivity contribution in [3.63, 3.8) is 0 Å². The van der Waals surface area contributed by atoms with Crippen molar-refractivity contribution in [1.82, 2.24) is 5.32 Å². The Labute approximate surface area is 130 Å². The van der Waals surface area contributed by atoms with Crippen LogP contribution in [0.25, 0.3) is 0 Å². The Kier molecular flexibility index (Phi) is 6.57. The summed E-state index contributed by atoms with van der Waals surface area (Å²) >= 11 is 6.02. The van der Waals surface area contributed by atoms with Gasteiger partial charge in [0.25, 0.3) is 0 Å². The number of hydrogen-bond donors (Lipinski definition) is 2. The lowest BCUT2D eigenvalue weighted by Gasteiger charge is -2.17. The van der Waals surface area contributed by atoms with E-state index in [0.717, 1.165) is 0 Å². The molecule has 0 aliphatic carbocycles. The van der Waals surface area contributed by atoms with Crippen molar-refractivity contribution in [1.29, 1.82) is 0 Å². The second kappa shape index (κ2) is 7.72. The topological polar surface area (TPSA) is 76.7 Å². The second-order valence-electron chi connectivity index (χ2n) is 4.45. The molecule has 0 radical (unpaired) electrons. The molecule has 8 heteroatoms. The molecule has 6 nitrogen and oxygen atoms in total. The highest BCUT2D eigenvalue weighted by molar-refractivity contribution is 7.93. The molecule has 0 spiro atoms. The molecule has 0 aromatic heterocycles. The van der Waals surface area contributed by atoms with Crippen molar-refractivity contribution in [3.8, 4) is 11.5 Å². The molecule has 0 aliphatic heterocycles. The largest absolute Gasteiger partial charge is 0.495 e. The van der Waals surface area contributed by atoms with E-state index in [4.69, 9.17) is 21.1 Å². The van der Waals surface area contributed by atoms with Crippen LogP contribution in [0.4, 0.5) is 5.69 Å². The smallest absolute Gasteiger partial charge is 0.236 e. The van der Waals surface area contributed by atoms with Gasteiger partial charge in [0.2, 0.25) is 10.0 Å². The quantitative estimate of drug-likeness (QED) is 0.760. The zero-order valence-electron chi connectivity index (χ0n) is 12.6. The van der Waals surface area contributed by atoms with Gasteiger partial charge in [0, 0.05) is 12.6 Å². The number of anilines is 1. The van der Waals surface area contributed by atoms with Crippen molar-refractivity contribution in [2.45, 2.75) is 19.1 Å². The Bertz CT molecular complexity index is 578. The van der Waals surface area contributed by atoms with E-state index in [1.165, 1.54) is 26.4 Å². The van der Waals surface area contributed by atoms with E-state index in [9.17, 15) is 8.42 Å². The number of rotatable bonds is 8. The second-order valence-corrected chi connectivity index (χ2v) is 6.96. The molecular formula is C13H21ClN2O4S. The predicted molar refractivity (Wildman–Crippen MR) is 85.1 cm³/mol. The third-order valence-electron chi connectivity index (χ3n) is 2.94. The summed E-state index contributed by atoms with van der Waals surface area (Å²) in [6, 6.07) is 3.01. The highest BCUT2D eigenvalue weighted by atomic mass is 35.5. The molecule has 0 saturated heterocycles. The summed E-state index contributed by atoms with van der Waals surface area (Å²) in [6.45, 7) is 4.61. The Hall–Kier alpha value is -1.18. The minimum absolute atomic E-state index is 0.284. The van der Waals surface area contributed by atoms with Gasteiger partial charge in [-0.05, 0) is 19.5 Å². The maximum absolute atomic E-state index is 12.3. The molecule has 1 rings (SSSR count). The Morgan fingerprint density at radius 1 is 1.24 bits per heavy atom. The molecule has 1 aromatic carbocycles. The van der Waals surface area contributed by atoms with Crippen LogP contribution < -0.4 is 19.5 Å². The number of halogens is 1. The number of methoxy groups -OCH3 is 2. The van der Waals surface area contributed by atoms with Gasteiger partial charge in [-0.25, -0.2) is 8.42 Å². The summed E-state index contributed by atoms with van der Waals surface area (Å²) in [7, 11) is -0.624. The van der Waals surface area contributed by atoms with Gasteiger partial charge in [-0.1, -0.05) is 18.5 Å². The summed E-state index contributed by atoms with van der Waals surface area (Å²) < 4.78 is 37.3. The number of benzene rings is 1. The van der Waals surface area contributed by atoms with Crippen LogP contribution in [0.3, 0.4) is 0 Å². The average Bonchev–Trinajstić information content (AvgIpc) is 2.44. The molecule has 0 aliphatic rings. The fourth-order valence-electron chi connectivity index (χ4n) is 1.65. The van der Waals surface area contributed by atoms with Gasteiger partial charge >= 0.3 is 0 Å². The number of hydrogen-bond acceptors (Lipinski definition) is 5. The molecule has 21 heavy (non-hydrogen) atoms. The molecule has 0 fully saturated rings. The molecule has 0 amide bonds. The van der Waals surface area contributed by atoms with E-state index in [-0.39, 0.29) is 5.69 Å². The number of nitrogens with one attached hydrogen (secondary N) is 2. The lowest BCUT2D eigenvalue weighted by atomic mass is 10.3. The van der Waals surface area contributed by atoms with Crippen LogP contribution in [-0.2, 0) is 10.0 Å². The normalized spacial score (nSPS) is 12.8. The van der Waals surface area contributed by atoms with E-state index in [1.807, 2.05) is 6.92 Å². The van der Waals surface area contributed by atoms with E-state index in [2.05, 4.69) is 10.0 Å². The zero-order valence-corrected chi connectivity index (χ0v) is 14.1. The van der Waals surface area contributed by atoms with E-state index in [0.29, 0.717) is 29.6 Å². The Morgan fingerprint density at radius 3 is 2.38 bits per heavy atom. The van der Waals surface area contributed by atoms with E-state index in [1.54, 1.807) is 6.92 Å². The molecular weight excluding hydrogens is 316 g/mol. The highest BCUT2D eigenvalue weighted by Gasteiger charge is 2.22. The Balaban J connectivity index is 3.03. The van der Waals surface area contributed by atoms with Crippen molar-refractivity contribution in [2.24, 2.45) is 0 Å². The van der Waals surface area contributed by atoms with E-state index < -0.39 is 15.3 Å². The fraction of sp³-hybridized carbons (Fsp3) is 0.538. The van der Waals surface area contributed by atoms with Gasteiger partial charge < -0.3 is 14.8 Å². The molecule has 0 bridgehead atoms. The first-order valence-electron chi connectivity index (χ1n) is 6.49. The SMILES string of the molecule is CCNCC(C)S(=O)(=O)Nc1cc(Cl)c(OC)cc1OC. The van der Waals surface area contributed by atoms with Crippen molar-refractivity contribution < 1.29 is 17.9 Å². The third-order valence-corrected chi connectivity index (χ3v) is 4.96. The summed E-state index contributed by atoms with van der Waals surface area (Å²) in [5, 5.41) is 2.71. The monoisotopic (exact) mass is 336 g/mol. The molecule has 1 unspecified atom stereocenters. The van der Waals surface area contributed by atoms with Gasteiger partial charge in [-0.15, -0.1) is 0 Å². The number of sulfonamides is 1. The van der Waals surface area contributed by atoms with Crippen LogP contribution in [0.15, 0.2) is 12.1 Å². The van der Waals surface area contributed by atoms with Gasteiger partial charge in [-0.3, -0.25) is 4.72 Å². The van der Waals surface area contributed by atoms with Crippen molar-refractivity contribution in [2.75, 3.05) is 32.0 Å². The highest BCUT2D eigenvalue weighted by Crippen LogP contribution is 2.36. The van der Waals surface area contributed by atoms with Gasteiger partial charge in [0.05, 0.1) is 30.2 Å². The van der Waals surface area contributed by atoms with Gasteiger partial charge in [0.1, 0.15) is 11.5 Å². The average molecular weight is 337 g/mol. The maximum Gasteiger partial charge on any atom is 0.236 e. The first kappa shape index (κ1) is 17.9. The van der Waals surface area contributed by atoms with Crippen LogP contribution >= 0.6 is 11.6 Å². The summed E-state index contributed by atoms with van der Waals surface area (Å²) in [4.78, 5) is 0. The standard InChI is InChI=1S/C13H21ClN2O4S/c1-5-15-8-9(2)21(17,18)16-11-6-10(14)12(19-3)7-13(11)20-4/h6-7,9,15-16H,5,8H2,1-4H3. The van der Waals surface area contributed by atoms with Crippen molar-refractivity contribution in [3.05, 3.63) is 17.2 Å². The third kappa shape index (κ3) is 4.66. The number of ether oxygens (including phenoxy) is 2. The molecule has 0 saturated carbocycles. The maximum atomic E-state index is 12.3. The fourth-order valence-corrected chi connectivity index (χ4v) is 2.90. The van der Waals surface area contributed by atoms with E-state index >= 15 is 0 Å². The first-order chi connectivity index (χ1) is 9.85. The minimum Gasteiger partial charge on any atom is -0.495 e. The lowest BCUT2D eigenvalue weighted by molar-refractivity contribution is 0.396. The van der Waals surface area contributed by atoms with Gasteiger partial charge in [-0.2, -0.15) is 0 Å². The summed E-state index contributed by atoms with van der Waals surface area (Å²) in [5.41, 5.74) is 0.284. The molecule has 0 heterocycles. The van der Waals surface area contributed by atoms with Crippen LogP contribution in [0.2, 0.25) is 5.02 Å². The first-order valence-corrected chi connectivity index (χ1v) is 8.42.